The van der Waals surface area contributed by atoms with Crippen LogP contribution in [0, 0.1) is 5.41 Å². The summed E-state index contributed by atoms with van der Waals surface area (Å²) in [5.74, 6) is 0.941. The highest BCUT2D eigenvalue weighted by atomic mass is 15.3. The molecule has 0 spiro atoms. The zero-order chi connectivity index (χ0) is 16.8. The zero-order valence-electron chi connectivity index (χ0n) is 14.1. The molecule has 5 nitrogen and oxygen atoms in total. The molecule has 0 bridgehead atoms. The van der Waals surface area contributed by atoms with Gasteiger partial charge in [0.1, 0.15) is 6.33 Å². The number of rotatable bonds is 6. The summed E-state index contributed by atoms with van der Waals surface area (Å²) in [6, 6.07) is 10.6. The molecule has 1 saturated heterocycles. The van der Waals surface area contributed by atoms with Gasteiger partial charge in [0.25, 0.3) is 0 Å². The van der Waals surface area contributed by atoms with Crippen LogP contribution in [-0.2, 0) is 6.42 Å². The molecule has 1 fully saturated rings. The summed E-state index contributed by atoms with van der Waals surface area (Å²) >= 11 is 0. The Bertz CT molecular complexity index is 651. The number of piperidine rings is 1. The lowest BCUT2D eigenvalue weighted by Gasteiger charge is -2.43. The monoisotopic (exact) mass is 321 g/mol. The summed E-state index contributed by atoms with van der Waals surface area (Å²) in [5.41, 5.74) is 7.22. The van der Waals surface area contributed by atoms with Crippen LogP contribution in [0.1, 0.15) is 31.2 Å². The fraction of sp³-hybridized carbons (Fsp3) is 0.500. The molecule has 124 valence electrons. The molecule has 2 aromatic rings. The van der Waals surface area contributed by atoms with Crippen LogP contribution < -0.4 is 10.6 Å². The van der Waals surface area contributed by atoms with E-state index in [4.69, 9.17) is 13.6 Å². The lowest BCUT2D eigenvalue weighted by molar-refractivity contribution is 0.234. The van der Waals surface area contributed by atoms with E-state index < -0.39 is 0 Å². The summed E-state index contributed by atoms with van der Waals surface area (Å²) < 4.78 is 0. The molecule has 1 unspecified atom stereocenters. The number of aromatic nitrogens is 3. The third-order valence-corrected chi connectivity index (χ3v) is 4.97. The molecule has 1 atom stereocenters. The minimum absolute atomic E-state index is 0.133. The van der Waals surface area contributed by atoms with Crippen molar-refractivity contribution in [3.05, 3.63) is 42.2 Å². The zero-order valence-corrected chi connectivity index (χ0v) is 14.1. The molecular weight excluding hydrogens is 297 g/mol. The van der Waals surface area contributed by atoms with Crippen molar-refractivity contribution in [1.82, 2.24) is 15.0 Å². The fourth-order valence-corrected chi connectivity index (χ4v) is 3.62. The van der Waals surface area contributed by atoms with Crippen molar-refractivity contribution in [2.45, 2.75) is 38.4 Å². The van der Waals surface area contributed by atoms with Crippen LogP contribution in [0.5, 0.6) is 0 Å². The van der Waals surface area contributed by atoms with E-state index in [2.05, 4.69) is 50.2 Å². The van der Waals surface area contributed by atoms with E-state index >= 15 is 0 Å². The van der Waals surface area contributed by atoms with Crippen molar-refractivity contribution in [3.8, 4) is 0 Å². The third-order valence-electron chi connectivity index (χ3n) is 4.97. The van der Waals surface area contributed by atoms with Gasteiger partial charge in [0.15, 0.2) is 0 Å². The number of anilines is 2. The minimum Gasteiger partial charge on any atom is -0.368 e. The Balaban J connectivity index is 1.63. The van der Waals surface area contributed by atoms with E-state index in [0.29, 0.717) is 12.3 Å². The van der Waals surface area contributed by atoms with E-state index in [9.17, 15) is 0 Å². The number of benzene rings is 1. The second-order valence-electron chi connectivity index (χ2n) is 6.71. The van der Waals surface area contributed by atoms with Gasteiger partial charge in [-0.1, -0.05) is 36.7 Å². The van der Waals surface area contributed by atoms with Crippen LogP contribution in [0.2, 0.25) is 6.32 Å². The molecule has 6 heteroatoms. The van der Waals surface area contributed by atoms with Crippen LogP contribution in [0.4, 0.5) is 11.9 Å². The summed E-state index contributed by atoms with van der Waals surface area (Å²) in [7, 11) is 6.18. The van der Waals surface area contributed by atoms with Gasteiger partial charge in [-0.15, -0.1) is 0 Å². The van der Waals surface area contributed by atoms with Gasteiger partial charge < -0.3 is 10.6 Å². The Morgan fingerprint density at radius 2 is 2.04 bits per heavy atom. The van der Waals surface area contributed by atoms with E-state index in [1.54, 1.807) is 0 Å². The van der Waals surface area contributed by atoms with Crippen molar-refractivity contribution >= 4 is 19.7 Å². The molecule has 3 rings (SSSR count). The molecule has 2 N–H and O–H groups in total. The Morgan fingerprint density at radius 3 is 2.79 bits per heavy atom. The molecule has 0 amide bonds. The molecular formula is C18H24BN5. The van der Waals surface area contributed by atoms with Gasteiger partial charge in [-0.2, -0.15) is 4.98 Å². The lowest BCUT2D eigenvalue weighted by Crippen LogP contribution is -2.44. The summed E-state index contributed by atoms with van der Waals surface area (Å²) in [6.45, 7) is 1.84. The number of nitrogens with zero attached hydrogens (tertiary/aromatic N) is 4. The van der Waals surface area contributed by atoms with Crippen molar-refractivity contribution < 1.29 is 0 Å². The Hall–Kier alpha value is -2.11. The van der Waals surface area contributed by atoms with Crippen molar-refractivity contribution in [3.63, 3.8) is 0 Å². The third kappa shape index (κ3) is 4.05. The highest BCUT2D eigenvalue weighted by Crippen LogP contribution is 2.38. The number of aryl methyl sites for hydroxylation is 1. The van der Waals surface area contributed by atoms with E-state index in [0.717, 1.165) is 45.2 Å². The van der Waals surface area contributed by atoms with Crippen molar-refractivity contribution in [1.29, 1.82) is 0 Å². The Labute approximate surface area is 145 Å². The normalized spacial score (nSPS) is 20.9. The maximum Gasteiger partial charge on any atom is 0.230 e. The predicted octanol–water partition coefficient (Wildman–Crippen LogP) is 2.65. The molecule has 0 aliphatic carbocycles. The molecule has 2 heterocycles. The Kier molecular flexibility index (Phi) is 5.33. The summed E-state index contributed by atoms with van der Waals surface area (Å²) in [5, 5.41) is 0. The number of hydrogen-bond donors (Lipinski definition) is 1. The molecule has 1 aliphatic heterocycles. The van der Waals surface area contributed by atoms with Gasteiger partial charge in [0, 0.05) is 13.1 Å². The average Bonchev–Trinajstić information content (AvgIpc) is 2.63. The van der Waals surface area contributed by atoms with E-state index in [-0.39, 0.29) is 11.4 Å². The standard InChI is InChI=1S/C18H24BN5/c19-12-18(9-4-8-15-6-2-1-3-7-15)10-5-11-24(13-18)17-22-14-21-16(20)23-17/h1-3,6-7,14H,4-5,8-13H2,(H2,20,21,22,23). The summed E-state index contributed by atoms with van der Waals surface area (Å²) in [6.07, 6.45) is 7.80. The second kappa shape index (κ2) is 7.64. The maximum atomic E-state index is 6.18. The summed E-state index contributed by atoms with van der Waals surface area (Å²) in [4.78, 5) is 14.6. The minimum atomic E-state index is 0.133. The molecule has 24 heavy (non-hydrogen) atoms. The molecule has 2 radical (unpaired) electrons. The number of nitrogen functional groups attached to an aromatic ring is 1. The van der Waals surface area contributed by atoms with E-state index in [1.807, 2.05) is 0 Å². The SMILES string of the molecule is [B]CC1(CCCc2ccccc2)CCCN(c2ncnc(N)n2)C1. The lowest BCUT2D eigenvalue weighted by atomic mass is 9.68. The van der Waals surface area contributed by atoms with Gasteiger partial charge in [0.2, 0.25) is 11.9 Å². The highest BCUT2D eigenvalue weighted by molar-refractivity contribution is 6.09. The molecule has 1 aliphatic rings. The van der Waals surface area contributed by atoms with Gasteiger partial charge in [-0.3, -0.25) is 0 Å². The molecule has 0 saturated carbocycles. The molecule has 1 aromatic carbocycles. The maximum absolute atomic E-state index is 6.18. The smallest absolute Gasteiger partial charge is 0.230 e. The van der Waals surface area contributed by atoms with Gasteiger partial charge >= 0.3 is 0 Å². The second-order valence-corrected chi connectivity index (χ2v) is 6.71. The first-order chi connectivity index (χ1) is 11.7. The first kappa shape index (κ1) is 16.7. The highest BCUT2D eigenvalue weighted by Gasteiger charge is 2.34. The fourth-order valence-electron chi connectivity index (χ4n) is 3.62. The molecule has 1 aromatic heterocycles. The van der Waals surface area contributed by atoms with Gasteiger partial charge in [-0.05, 0) is 43.1 Å². The largest absolute Gasteiger partial charge is 0.368 e. The Morgan fingerprint density at radius 1 is 1.21 bits per heavy atom. The number of hydrogen-bond acceptors (Lipinski definition) is 5. The van der Waals surface area contributed by atoms with Crippen LogP contribution in [0.3, 0.4) is 0 Å². The predicted molar refractivity (Wildman–Crippen MR) is 98.1 cm³/mol. The van der Waals surface area contributed by atoms with Gasteiger partial charge in [0.05, 0.1) is 7.85 Å². The number of nitrogens with two attached hydrogens (primary N) is 1. The first-order valence-electron chi connectivity index (χ1n) is 8.64. The van der Waals surface area contributed by atoms with Crippen LogP contribution in [0.25, 0.3) is 0 Å². The van der Waals surface area contributed by atoms with E-state index in [1.165, 1.54) is 11.9 Å². The first-order valence-corrected chi connectivity index (χ1v) is 8.64. The van der Waals surface area contributed by atoms with Crippen LogP contribution in [-0.4, -0.2) is 35.9 Å². The van der Waals surface area contributed by atoms with Gasteiger partial charge in [-0.25, -0.2) is 9.97 Å². The van der Waals surface area contributed by atoms with Crippen LogP contribution >= 0.6 is 0 Å². The topological polar surface area (TPSA) is 67.9 Å². The van der Waals surface area contributed by atoms with Crippen LogP contribution in [0.15, 0.2) is 36.7 Å². The van der Waals surface area contributed by atoms with Crippen molar-refractivity contribution in [2.75, 3.05) is 23.7 Å². The average molecular weight is 321 g/mol. The van der Waals surface area contributed by atoms with Crippen molar-refractivity contribution in [2.24, 2.45) is 5.41 Å². The quantitative estimate of drug-likeness (QED) is 0.829.